The van der Waals surface area contributed by atoms with Crippen LogP contribution in [0.4, 0.5) is 0 Å². The predicted molar refractivity (Wildman–Crippen MR) is 120 cm³/mol. The van der Waals surface area contributed by atoms with Gasteiger partial charge in [0.1, 0.15) is 5.69 Å². The molecule has 0 spiro atoms. The van der Waals surface area contributed by atoms with Crippen LogP contribution in [0.5, 0.6) is 0 Å². The Morgan fingerprint density at radius 2 is 1.61 bits per heavy atom. The standard InChI is InChI=1S/C24H28N2O4S/c1-5-30-24(27)23-18(3)22(19(4)25-23)16-26(15-20-9-7-6-8-10-20)31(28,29)21-13-11-17(2)12-14-21/h6-14,25H,5,15-16H2,1-4H3. The molecule has 1 heterocycles. The van der Waals surface area contributed by atoms with Gasteiger partial charge in [-0.2, -0.15) is 4.31 Å². The van der Waals surface area contributed by atoms with Crippen molar-refractivity contribution in [2.24, 2.45) is 0 Å². The Bertz CT molecular complexity index is 1150. The summed E-state index contributed by atoms with van der Waals surface area (Å²) >= 11 is 0. The molecule has 164 valence electrons. The smallest absolute Gasteiger partial charge is 0.355 e. The van der Waals surface area contributed by atoms with Gasteiger partial charge < -0.3 is 9.72 Å². The highest BCUT2D eigenvalue weighted by atomic mass is 32.2. The van der Waals surface area contributed by atoms with Crippen LogP contribution in [0.25, 0.3) is 0 Å². The lowest BCUT2D eigenvalue weighted by molar-refractivity contribution is 0.0519. The van der Waals surface area contributed by atoms with Crippen LogP contribution in [-0.2, 0) is 27.8 Å². The average molecular weight is 441 g/mol. The Balaban J connectivity index is 2.02. The molecule has 3 rings (SSSR count). The molecule has 0 saturated heterocycles. The Kier molecular flexibility index (Phi) is 6.97. The van der Waals surface area contributed by atoms with Gasteiger partial charge in [-0.3, -0.25) is 0 Å². The Morgan fingerprint density at radius 3 is 2.23 bits per heavy atom. The minimum Gasteiger partial charge on any atom is -0.461 e. The highest BCUT2D eigenvalue weighted by Gasteiger charge is 2.28. The van der Waals surface area contributed by atoms with Crippen molar-refractivity contribution in [1.29, 1.82) is 0 Å². The number of carbonyl (C=O) groups is 1. The third-order valence-corrected chi connectivity index (χ3v) is 7.07. The largest absolute Gasteiger partial charge is 0.461 e. The number of rotatable bonds is 8. The first-order valence-electron chi connectivity index (χ1n) is 10.2. The molecule has 3 aromatic rings. The Labute approximate surface area is 183 Å². The van der Waals surface area contributed by atoms with Gasteiger partial charge in [0.2, 0.25) is 10.0 Å². The van der Waals surface area contributed by atoms with Gasteiger partial charge in [0.25, 0.3) is 0 Å². The fourth-order valence-electron chi connectivity index (χ4n) is 3.48. The first-order valence-corrected chi connectivity index (χ1v) is 11.6. The van der Waals surface area contributed by atoms with Crippen molar-refractivity contribution < 1.29 is 17.9 Å². The fourth-order valence-corrected chi connectivity index (χ4v) is 4.88. The number of hydrogen-bond donors (Lipinski definition) is 1. The molecule has 0 amide bonds. The molecule has 0 atom stereocenters. The highest BCUT2D eigenvalue weighted by Crippen LogP contribution is 2.26. The molecular formula is C24H28N2O4S. The van der Waals surface area contributed by atoms with Crippen molar-refractivity contribution in [2.45, 2.75) is 45.7 Å². The monoisotopic (exact) mass is 440 g/mol. The summed E-state index contributed by atoms with van der Waals surface area (Å²) in [5.41, 5.74) is 4.46. The zero-order valence-corrected chi connectivity index (χ0v) is 19.1. The molecule has 7 heteroatoms. The van der Waals surface area contributed by atoms with Crippen LogP contribution in [0.2, 0.25) is 0 Å². The number of aromatic amines is 1. The van der Waals surface area contributed by atoms with Crippen LogP contribution in [0.15, 0.2) is 59.5 Å². The molecule has 0 bridgehead atoms. The molecule has 2 aromatic carbocycles. The number of sulfonamides is 1. The van der Waals surface area contributed by atoms with Crippen LogP contribution in [0.1, 0.15) is 45.4 Å². The van der Waals surface area contributed by atoms with E-state index < -0.39 is 16.0 Å². The van der Waals surface area contributed by atoms with E-state index in [-0.39, 0.29) is 24.6 Å². The van der Waals surface area contributed by atoms with E-state index >= 15 is 0 Å². The van der Waals surface area contributed by atoms with Crippen LogP contribution < -0.4 is 0 Å². The molecule has 0 saturated carbocycles. The number of benzene rings is 2. The summed E-state index contributed by atoms with van der Waals surface area (Å²) in [7, 11) is -3.77. The number of esters is 1. The van der Waals surface area contributed by atoms with E-state index in [0.29, 0.717) is 11.3 Å². The van der Waals surface area contributed by atoms with Crippen molar-refractivity contribution in [2.75, 3.05) is 6.61 Å². The number of nitrogens with zero attached hydrogens (tertiary/aromatic N) is 1. The molecule has 0 fully saturated rings. The summed E-state index contributed by atoms with van der Waals surface area (Å²) in [4.78, 5) is 15.6. The van der Waals surface area contributed by atoms with Crippen molar-refractivity contribution in [3.05, 3.63) is 88.2 Å². The van der Waals surface area contributed by atoms with Crippen molar-refractivity contribution >= 4 is 16.0 Å². The molecule has 0 aliphatic carbocycles. The number of aryl methyl sites for hydroxylation is 2. The van der Waals surface area contributed by atoms with E-state index in [0.717, 1.165) is 22.4 Å². The zero-order valence-electron chi connectivity index (χ0n) is 18.3. The highest BCUT2D eigenvalue weighted by molar-refractivity contribution is 7.89. The van der Waals surface area contributed by atoms with Gasteiger partial charge in [-0.1, -0.05) is 48.0 Å². The third kappa shape index (κ3) is 5.06. The second-order valence-electron chi connectivity index (χ2n) is 7.52. The number of aromatic nitrogens is 1. The van der Waals surface area contributed by atoms with Gasteiger partial charge in [0.15, 0.2) is 0 Å². The van der Waals surface area contributed by atoms with Crippen LogP contribution in [0.3, 0.4) is 0 Å². The van der Waals surface area contributed by atoms with Crippen molar-refractivity contribution in [3.63, 3.8) is 0 Å². The van der Waals surface area contributed by atoms with Gasteiger partial charge in [-0.15, -0.1) is 0 Å². The molecule has 0 unspecified atom stereocenters. The summed E-state index contributed by atoms with van der Waals surface area (Å²) in [5, 5.41) is 0. The summed E-state index contributed by atoms with van der Waals surface area (Å²) < 4.78 is 33.7. The summed E-state index contributed by atoms with van der Waals surface area (Å²) in [5.74, 6) is -0.439. The van der Waals surface area contributed by atoms with Crippen molar-refractivity contribution in [3.8, 4) is 0 Å². The lowest BCUT2D eigenvalue weighted by Gasteiger charge is -2.23. The lowest BCUT2D eigenvalue weighted by atomic mass is 10.1. The van der Waals surface area contributed by atoms with E-state index in [1.54, 1.807) is 31.2 Å². The third-order valence-electron chi connectivity index (χ3n) is 5.27. The summed E-state index contributed by atoms with van der Waals surface area (Å²) in [6, 6.07) is 16.3. The summed E-state index contributed by atoms with van der Waals surface area (Å²) in [6.45, 7) is 7.94. The van der Waals surface area contributed by atoms with Crippen molar-refractivity contribution in [1.82, 2.24) is 9.29 Å². The maximum atomic E-state index is 13.5. The molecule has 6 nitrogen and oxygen atoms in total. The van der Waals surface area contributed by atoms with E-state index in [4.69, 9.17) is 4.74 Å². The number of carbonyl (C=O) groups excluding carboxylic acids is 1. The van der Waals surface area contributed by atoms with Crippen LogP contribution in [0, 0.1) is 20.8 Å². The number of hydrogen-bond acceptors (Lipinski definition) is 4. The fraction of sp³-hybridized carbons (Fsp3) is 0.292. The first kappa shape index (κ1) is 22.8. The molecule has 1 N–H and O–H groups in total. The minimum atomic E-state index is -3.77. The second kappa shape index (κ2) is 9.49. The van der Waals surface area contributed by atoms with Gasteiger partial charge in [-0.05, 0) is 56.5 Å². The minimum absolute atomic E-state index is 0.138. The molecule has 0 radical (unpaired) electrons. The Morgan fingerprint density at radius 1 is 0.968 bits per heavy atom. The van der Waals surface area contributed by atoms with Gasteiger partial charge in [-0.25, -0.2) is 13.2 Å². The molecule has 31 heavy (non-hydrogen) atoms. The van der Waals surface area contributed by atoms with Gasteiger partial charge in [0, 0.05) is 18.8 Å². The zero-order chi connectivity index (χ0) is 22.6. The first-order chi connectivity index (χ1) is 14.7. The normalized spacial score (nSPS) is 11.6. The Hall–Kier alpha value is -2.90. The van der Waals surface area contributed by atoms with E-state index in [1.807, 2.05) is 51.1 Å². The predicted octanol–water partition coefficient (Wildman–Crippen LogP) is 4.51. The van der Waals surface area contributed by atoms with E-state index in [9.17, 15) is 13.2 Å². The van der Waals surface area contributed by atoms with E-state index in [2.05, 4.69) is 4.98 Å². The quantitative estimate of drug-likeness (QED) is 0.523. The number of nitrogens with one attached hydrogen (secondary N) is 1. The van der Waals surface area contributed by atoms with Gasteiger partial charge in [0.05, 0.1) is 11.5 Å². The molecular weight excluding hydrogens is 412 g/mol. The number of H-pyrrole nitrogens is 1. The molecule has 1 aromatic heterocycles. The number of ether oxygens (including phenoxy) is 1. The second-order valence-corrected chi connectivity index (χ2v) is 9.46. The van der Waals surface area contributed by atoms with Crippen LogP contribution in [-0.4, -0.2) is 30.3 Å². The SMILES string of the molecule is CCOC(=O)c1[nH]c(C)c(CN(Cc2ccccc2)S(=O)(=O)c2ccc(C)cc2)c1C. The average Bonchev–Trinajstić information content (AvgIpc) is 3.03. The van der Waals surface area contributed by atoms with Gasteiger partial charge >= 0.3 is 5.97 Å². The van der Waals surface area contributed by atoms with Crippen LogP contribution >= 0.6 is 0 Å². The lowest BCUT2D eigenvalue weighted by Crippen LogP contribution is -2.30. The topological polar surface area (TPSA) is 79.5 Å². The summed E-state index contributed by atoms with van der Waals surface area (Å²) in [6.07, 6.45) is 0. The maximum Gasteiger partial charge on any atom is 0.355 e. The molecule has 0 aliphatic heterocycles. The maximum absolute atomic E-state index is 13.5. The van der Waals surface area contributed by atoms with E-state index in [1.165, 1.54) is 4.31 Å². The molecule has 0 aliphatic rings.